The molecule has 0 aliphatic carbocycles. The number of benzene rings is 1. The molecule has 1 heterocycles. The molecule has 0 unspecified atom stereocenters. The molecular formula is C14H13BrO3S. The number of carbonyl (C=O) groups excluding carboxylic acids is 1. The summed E-state index contributed by atoms with van der Waals surface area (Å²) in [7, 11) is 1.61. The van der Waals surface area contributed by atoms with Gasteiger partial charge in [0.1, 0.15) is 12.4 Å². The quantitative estimate of drug-likeness (QED) is 0.593. The maximum absolute atomic E-state index is 12.4. The first-order valence-corrected chi connectivity index (χ1v) is 7.34. The molecule has 0 fully saturated rings. The number of ketones is 1. The van der Waals surface area contributed by atoms with E-state index in [4.69, 9.17) is 9.47 Å². The molecule has 0 radical (unpaired) electrons. The Bertz CT molecular complexity index is 565. The first-order valence-electron chi connectivity index (χ1n) is 5.73. The summed E-state index contributed by atoms with van der Waals surface area (Å²) in [6, 6.07) is 10.9. The van der Waals surface area contributed by atoms with Crippen LogP contribution >= 0.6 is 27.3 Å². The highest BCUT2D eigenvalue weighted by atomic mass is 79.9. The van der Waals surface area contributed by atoms with E-state index in [0.717, 1.165) is 3.79 Å². The van der Waals surface area contributed by atoms with Crippen molar-refractivity contribution in [3.63, 3.8) is 0 Å². The minimum absolute atomic E-state index is 0.0243. The number of carbonyl (C=O) groups is 1. The van der Waals surface area contributed by atoms with Crippen molar-refractivity contribution < 1.29 is 14.3 Å². The van der Waals surface area contributed by atoms with Crippen LogP contribution in [0.2, 0.25) is 0 Å². The number of halogens is 1. The third-order valence-electron chi connectivity index (χ3n) is 2.47. The molecule has 0 spiro atoms. The lowest BCUT2D eigenvalue weighted by Gasteiger charge is -2.09. The lowest BCUT2D eigenvalue weighted by atomic mass is 10.1. The molecular weight excluding hydrogens is 328 g/mol. The SMILES string of the molecule is COCCOc1ccccc1C(=O)c1ccc(Br)s1. The zero-order chi connectivity index (χ0) is 13.7. The monoisotopic (exact) mass is 340 g/mol. The molecule has 5 heteroatoms. The summed E-state index contributed by atoms with van der Waals surface area (Å²) < 4.78 is 11.5. The molecule has 100 valence electrons. The average molecular weight is 341 g/mol. The van der Waals surface area contributed by atoms with E-state index in [1.165, 1.54) is 11.3 Å². The van der Waals surface area contributed by atoms with Crippen molar-refractivity contribution in [1.82, 2.24) is 0 Å². The molecule has 0 atom stereocenters. The Morgan fingerprint density at radius 3 is 2.68 bits per heavy atom. The Labute approximate surface area is 124 Å². The molecule has 2 rings (SSSR count). The highest BCUT2D eigenvalue weighted by Crippen LogP contribution is 2.27. The first-order chi connectivity index (χ1) is 9.22. The van der Waals surface area contributed by atoms with Crippen molar-refractivity contribution in [2.75, 3.05) is 20.3 Å². The summed E-state index contributed by atoms with van der Waals surface area (Å²) in [5.41, 5.74) is 0.577. The van der Waals surface area contributed by atoms with E-state index in [2.05, 4.69) is 15.9 Å². The molecule has 2 aromatic rings. The maximum Gasteiger partial charge on any atom is 0.206 e. The number of rotatable bonds is 6. The van der Waals surface area contributed by atoms with Crippen molar-refractivity contribution >= 4 is 33.0 Å². The smallest absolute Gasteiger partial charge is 0.206 e. The van der Waals surface area contributed by atoms with Crippen LogP contribution in [0.3, 0.4) is 0 Å². The molecule has 3 nitrogen and oxygen atoms in total. The molecule has 0 saturated carbocycles. The Morgan fingerprint density at radius 2 is 2.00 bits per heavy atom. The van der Waals surface area contributed by atoms with Crippen LogP contribution < -0.4 is 4.74 Å². The van der Waals surface area contributed by atoms with Crippen LogP contribution in [0.1, 0.15) is 15.2 Å². The van der Waals surface area contributed by atoms with Gasteiger partial charge in [-0.1, -0.05) is 12.1 Å². The Balaban J connectivity index is 2.21. The Morgan fingerprint density at radius 1 is 1.21 bits per heavy atom. The van der Waals surface area contributed by atoms with Gasteiger partial charge in [0.05, 0.1) is 20.8 Å². The van der Waals surface area contributed by atoms with Gasteiger partial charge < -0.3 is 9.47 Å². The second kappa shape index (κ2) is 6.84. The molecule has 0 amide bonds. The van der Waals surface area contributed by atoms with Gasteiger partial charge in [-0.05, 0) is 40.2 Å². The zero-order valence-corrected chi connectivity index (χ0v) is 12.8. The molecule has 19 heavy (non-hydrogen) atoms. The fourth-order valence-corrected chi connectivity index (χ4v) is 2.92. The summed E-state index contributed by atoms with van der Waals surface area (Å²) in [5, 5.41) is 0. The zero-order valence-electron chi connectivity index (χ0n) is 10.4. The topological polar surface area (TPSA) is 35.5 Å². The van der Waals surface area contributed by atoms with E-state index in [-0.39, 0.29) is 5.78 Å². The first kappa shape index (κ1) is 14.2. The lowest BCUT2D eigenvalue weighted by molar-refractivity contribution is 0.103. The summed E-state index contributed by atoms with van der Waals surface area (Å²) in [5.74, 6) is 0.567. The van der Waals surface area contributed by atoms with E-state index in [1.54, 1.807) is 19.2 Å². The van der Waals surface area contributed by atoms with Crippen LogP contribution in [0.4, 0.5) is 0 Å². The van der Waals surface area contributed by atoms with Gasteiger partial charge in [0.2, 0.25) is 5.78 Å². The van der Waals surface area contributed by atoms with Gasteiger partial charge in [0.25, 0.3) is 0 Å². The van der Waals surface area contributed by atoms with Gasteiger partial charge in [-0.2, -0.15) is 0 Å². The van der Waals surface area contributed by atoms with E-state index < -0.39 is 0 Å². The number of ether oxygens (including phenoxy) is 2. The molecule has 0 bridgehead atoms. The van der Waals surface area contributed by atoms with Gasteiger partial charge in [0, 0.05) is 7.11 Å². The fraction of sp³-hybridized carbons (Fsp3) is 0.214. The van der Waals surface area contributed by atoms with Crippen molar-refractivity contribution in [3.05, 3.63) is 50.6 Å². The minimum Gasteiger partial charge on any atom is -0.490 e. The van der Waals surface area contributed by atoms with Crippen LogP contribution in [-0.2, 0) is 4.74 Å². The lowest BCUT2D eigenvalue weighted by Crippen LogP contribution is -2.08. The van der Waals surface area contributed by atoms with E-state index in [9.17, 15) is 4.79 Å². The van der Waals surface area contributed by atoms with Crippen molar-refractivity contribution in [1.29, 1.82) is 0 Å². The molecule has 0 aliphatic rings. The highest BCUT2D eigenvalue weighted by molar-refractivity contribution is 9.11. The number of hydrogen-bond donors (Lipinski definition) is 0. The Kier molecular flexibility index (Phi) is 5.13. The Hall–Kier alpha value is -1.17. The highest BCUT2D eigenvalue weighted by Gasteiger charge is 2.15. The predicted octanol–water partition coefficient (Wildman–Crippen LogP) is 3.77. The van der Waals surface area contributed by atoms with Crippen molar-refractivity contribution in [2.24, 2.45) is 0 Å². The van der Waals surface area contributed by atoms with Crippen molar-refractivity contribution in [3.8, 4) is 5.75 Å². The van der Waals surface area contributed by atoms with E-state index in [1.807, 2.05) is 24.3 Å². The van der Waals surface area contributed by atoms with Gasteiger partial charge in [-0.25, -0.2) is 0 Å². The third kappa shape index (κ3) is 3.65. The predicted molar refractivity (Wildman–Crippen MR) is 79.3 cm³/mol. The molecule has 1 aromatic carbocycles. The molecule has 0 aliphatic heterocycles. The number of methoxy groups -OCH3 is 1. The van der Waals surface area contributed by atoms with Crippen molar-refractivity contribution in [2.45, 2.75) is 0 Å². The minimum atomic E-state index is -0.0243. The van der Waals surface area contributed by atoms with Gasteiger partial charge in [-0.3, -0.25) is 4.79 Å². The summed E-state index contributed by atoms with van der Waals surface area (Å²) >= 11 is 4.78. The summed E-state index contributed by atoms with van der Waals surface area (Å²) in [6.45, 7) is 0.919. The third-order valence-corrected chi connectivity index (χ3v) is 4.10. The van der Waals surface area contributed by atoms with Gasteiger partial charge in [0.15, 0.2) is 0 Å². The standard InChI is InChI=1S/C14H13BrO3S/c1-17-8-9-18-11-5-3-2-4-10(11)14(16)12-6-7-13(15)19-12/h2-7H,8-9H2,1H3. The number of hydrogen-bond acceptors (Lipinski definition) is 4. The maximum atomic E-state index is 12.4. The molecule has 0 N–H and O–H groups in total. The van der Waals surface area contributed by atoms with E-state index >= 15 is 0 Å². The summed E-state index contributed by atoms with van der Waals surface area (Å²) in [6.07, 6.45) is 0. The fourth-order valence-electron chi connectivity index (χ4n) is 1.58. The van der Waals surface area contributed by atoms with Crippen LogP contribution in [0.15, 0.2) is 40.2 Å². The number of para-hydroxylation sites is 1. The van der Waals surface area contributed by atoms with Gasteiger partial charge >= 0.3 is 0 Å². The normalized spacial score (nSPS) is 10.4. The van der Waals surface area contributed by atoms with Crippen LogP contribution in [0.25, 0.3) is 0 Å². The average Bonchev–Trinajstić information content (AvgIpc) is 2.85. The van der Waals surface area contributed by atoms with E-state index in [0.29, 0.717) is 29.4 Å². The second-order valence-corrected chi connectivity index (χ2v) is 6.23. The molecule has 0 saturated heterocycles. The number of thiophene rings is 1. The second-order valence-electron chi connectivity index (χ2n) is 3.77. The van der Waals surface area contributed by atoms with Crippen LogP contribution in [-0.4, -0.2) is 26.1 Å². The molecule has 1 aromatic heterocycles. The van der Waals surface area contributed by atoms with Gasteiger partial charge in [-0.15, -0.1) is 11.3 Å². The van der Waals surface area contributed by atoms with Crippen LogP contribution in [0.5, 0.6) is 5.75 Å². The van der Waals surface area contributed by atoms with Crippen LogP contribution in [0, 0.1) is 0 Å². The summed E-state index contributed by atoms with van der Waals surface area (Å²) in [4.78, 5) is 13.1. The largest absolute Gasteiger partial charge is 0.490 e.